The van der Waals surface area contributed by atoms with Crippen molar-refractivity contribution < 1.29 is 17.9 Å². The number of methoxy groups -OCH3 is 1. The largest absolute Gasteiger partial charge is 0.493 e. The van der Waals surface area contributed by atoms with Gasteiger partial charge in [0.1, 0.15) is 6.10 Å². The Labute approximate surface area is 120 Å². The SMILES string of the molecule is CCNCc1ccc(OC)c(OC2CCS(=O)(=O)C2)c1. The highest BCUT2D eigenvalue weighted by Gasteiger charge is 2.30. The van der Waals surface area contributed by atoms with Crippen molar-refractivity contribution in [3.8, 4) is 11.5 Å². The fraction of sp³-hybridized carbons (Fsp3) is 0.571. The van der Waals surface area contributed by atoms with Crippen molar-refractivity contribution in [3.05, 3.63) is 23.8 Å². The van der Waals surface area contributed by atoms with E-state index in [1.807, 2.05) is 25.1 Å². The van der Waals surface area contributed by atoms with E-state index in [1.54, 1.807) is 7.11 Å². The van der Waals surface area contributed by atoms with Gasteiger partial charge in [-0.1, -0.05) is 13.0 Å². The smallest absolute Gasteiger partial charge is 0.161 e. The summed E-state index contributed by atoms with van der Waals surface area (Å²) in [5.74, 6) is 1.55. The molecule has 1 aliphatic rings. The molecule has 0 aromatic heterocycles. The second kappa shape index (κ2) is 6.45. The Hall–Kier alpha value is -1.27. The maximum atomic E-state index is 11.5. The van der Waals surface area contributed by atoms with Crippen LogP contribution in [0.5, 0.6) is 11.5 Å². The van der Waals surface area contributed by atoms with E-state index in [0.29, 0.717) is 17.9 Å². The van der Waals surface area contributed by atoms with Gasteiger partial charge in [-0.3, -0.25) is 0 Å². The van der Waals surface area contributed by atoms with E-state index >= 15 is 0 Å². The molecule has 1 aromatic rings. The Morgan fingerprint density at radius 1 is 1.35 bits per heavy atom. The number of nitrogens with one attached hydrogen (secondary N) is 1. The first kappa shape index (κ1) is 15.1. The molecule has 1 fully saturated rings. The van der Waals surface area contributed by atoms with E-state index in [9.17, 15) is 8.42 Å². The third-order valence-corrected chi connectivity index (χ3v) is 5.03. The first-order valence-corrected chi connectivity index (χ1v) is 8.61. The molecule has 6 heteroatoms. The molecule has 1 N–H and O–H groups in total. The van der Waals surface area contributed by atoms with Crippen LogP contribution in [0.3, 0.4) is 0 Å². The Balaban J connectivity index is 2.12. The van der Waals surface area contributed by atoms with Gasteiger partial charge in [0.05, 0.1) is 18.6 Å². The van der Waals surface area contributed by atoms with E-state index in [0.717, 1.165) is 18.7 Å². The normalized spacial score (nSPS) is 20.8. The highest BCUT2D eigenvalue weighted by Crippen LogP contribution is 2.30. The van der Waals surface area contributed by atoms with Crippen molar-refractivity contribution in [1.29, 1.82) is 0 Å². The standard InChI is InChI=1S/C14H21NO4S/c1-3-15-9-11-4-5-13(18-2)14(8-11)19-12-6-7-20(16,17)10-12/h4-5,8,12,15H,3,6-7,9-10H2,1-2H3. The summed E-state index contributed by atoms with van der Waals surface area (Å²) in [5, 5.41) is 3.24. The average Bonchev–Trinajstić information content (AvgIpc) is 2.76. The predicted octanol–water partition coefficient (Wildman–Crippen LogP) is 1.37. The van der Waals surface area contributed by atoms with Gasteiger partial charge in [-0.2, -0.15) is 0 Å². The molecule has 0 aliphatic carbocycles. The van der Waals surface area contributed by atoms with Crippen molar-refractivity contribution >= 4 is 9.84 Å². The summed E-state index contributed by atoms with van der Waals surface area (Å²) in [6.45, 7) is 3.69. The van der Waals surface area contributed by atoms with Gasteiger partial charge in [0.25, 0.3) is 0 Å². The van der Waals surface area contributed by atoms with Crippen LogP contribution in [0.1, 0.15) is 18.9 Å². The first-order chi connectivity index (χ1) is 9.54. The van der Waals surface area contributed by atoms with Gasteiger partial charge >= 0.3 is 0 Å². The van der Waals surface area contributed by atoms with Gasteiger partial charge < -0.3 is 14.8 Å². The number of hydrogen-bond acceptors (Lipinski definition) is 5. The Kier molecular flexibility index (Phi) is 4.88. The second-order valence-electron chi connectivity index (χ2n) is 4.91. The maximum absolute atomic E-state index is 11.5. The third-order valence-electron chi connectivity index (χ3n) is 3.29. The molecular formula is C14H21NO4S. The van der Waals surface area contributed by atoms with E-state index in [1.165, 1.54) is 0 Å². The number of rotatable bonds is 6. The van der Waals surface area contributed by atoms with Crippen LogP contribution in [-0.2, 0) is 16.4 Å². The summed E-state index contributed by atoms with van der Waals surface area (Å²) in [6.07, 6.45) is 0.270. The molecule has 1 atom stereocenters. The molecule has 0 amide bonds. The van der Waals surface area contributed by atoms with Crippen LogP contribution in [0.15, 0.2) is 18.2 Å². The Morgan fingerprint density at radius 2 is 2.15 bits per heavy atom. The third kappa shape index (κ3) is 3.86. The molecule has 2 rings (SSSR count). The molecule has 0 bridgehead atoms. The van der Waals surface area contributed by atoms with Gasteiger partial charge in [0, 0.05) is 6.54 Å². The summed E-state index contributed by atoms with van der Waals surface area (Å²) < 4.78 is 34.0. The number of sulfone groups is 1. The Bertz CT molecular complexity index is 556. The monoisotopic (exact) mass is 299 g/mol. The molecule has 20 heavy (non-hydrogen) atoms. The number of hydrogen-bond donors (Lipinski definition) is 1. The van der Waals surface area contributed by atoms with E-state index in [-0.39, 0.29) is 17.6 Å². The minimum Gasteiger partial charge on any atom is -0.493 e. The zero-order chi connectivity index (χ0) is 14.6. The van der Waals surface area contributed by atoms with E-state index < -0.39 is 9.84 Å². The van der Waals surface area contributed by atoms with Gasteiger partial charge in [-0.25, -0.2) is 8.42 Å². The van der Waals surface area contributed by atoms with Crippen molar-refractivity contribution in [2.75, 3.05) is 25.2 Å². The lowest BCUT2D eigenvalue weighted by atomic mass is 10.2. The maximum Gasteiger partial charge on any atom is 0.161 e. The fourth-order valence-corrected chi connectivity index (χ4v) is 3.82. The molecule has 0 saturated carbocycles. The predicted molar refractivity (Wildman–Crippen MR) is 78.1 cm³/mol. The van der Waals surface area contributed by atoms with Crippen molar-refractivity contribution in [2.45, 2.75) is 26.0 Å². The van der Waals surface area contributed by atoms with Gasteiger partial charge in [0.15, 0.2) is 21.3 Å². The topological polar surface area (TPSA) is 64.6 Å². The number of benzene rings is 1. The van der Waals surface area contributed by atoms with Gasteiger partial charge in [-0.15, -0.1) is 0 Å². The lowest BCUT2D eigenvalue weighted by Crippen LogP contribution is -2.18. The zero-order valence-corrected chi connectivity index (χ0v) is 12.7. The van der Waals surface area contributed by atoms with Crippen LogP contribution in [-0.4, -0.2) is 39.7 Å². The van der Waals surface area contributed by atoms with Crippen LogP contribution >= 0.6 is 0 Å². The first-order valence-electron chi connectivity index (χ1n) is 6.79. The zero-order valence-electron chi connectivity index (χ0n) is 11.9. The summed E-state index contributed by atoms with van der Waals surface area (Å²) in [7, 11) is -1.36. The van der Waals surface area contributed by atoms with Crippen molar-refractivity contribution in [2.24, 2.45) is 0 Å². The van der Waals surface area contributed by atoms with Crippen LogP contribution in [0.25, 0.3) is 0 Å². The van der Waals surface area contributed by atoms with Gasteiger partial charge in [0.2, 0.25) is 0 Å². The van der Waals surface area contributed by atoms with Crippen molar-refractivity contribution in [3.63, 3.8) is 0 Å². The molecule has 0 radical (unpaired) electrons. The molecular weight excluding hydrogens is 278 g/mol. The summed E-state index contributed by atoms with van der Waals surface area (Å²) >= 11 is 0. The Morgan fingerprint density at radius 3 is 2.75 bits per heavy atom. The quantitative estimate of drug-likeness (QED) is 0.859. The van der Waals surface area contributed by atoms with Crippen LogP contribution in [0, 0.1) is 0 Å². The van der Waals surface area contributed by atoms with Gasteiger partial charge in [-0.05, 0) is 30.7 Å². The fourth-order valence-electron chi connectivity index (χ4n) is 2.23. The molecule has 112 valence electrons. The van der Waals surface area contributed by atoms with Crippen LogP contribution < -0.4 is 14.8 Å². The highest BCUT2D eigenvalue weighted by atomic mass is 32.2. The highest BCUT2D eigenvalue weighted by molar-refractivity contribution is 7.91. The van der Waals surface area contributed by atoms with Crippen LogP contribution in [0.4, 0.5) is 0 Å². The molecule has 1 aromatic carbocycles. The number of ether oxygens (including phenoxy) is 2. The van der Waals surface area contributed by atoms with Crippen molar-refractivity contribution in [1.82, 2.24) is 5.32 Å². The molecule has 1 aliphatic heterocycles. The minimum atomic E-state index is -2.94. The molecule has 0 spiro atoms. The average molecular weight is 299 g/mol. The minimum absolute atomic E-state index is 0.0909. The molecule has 1 unspecified atom stereocenters. The lowest BCUT2D eigenvalue weighted by molar-refractivity contribution is 0.218. The summed E-state index contributed by atoms with van der Waals surface area (Å²) in [4.78, 5) is 0. The van der Waals surface area contributed by atoms with E-state index in [2.05, 4.69) is 5.32 Å². The summed E-state index contributed by atoms with van der Waals surface area (Å²) in [5.41, 5.74) is 1.09. The van der Waals surface area contributed by atoms with Crippen LogP contribution in [0.2, 0.25) is 0 Å². The lowest BCUT2D eigenvalue weighted by Gasteiger charge is -2.16. The summed E-state index contributed by atoms with van der Waals surface area (Å²) in [6, 6.07) is 5.73. The van der Waals surface area contributed by atoms with E-state index in [4.69, 9.17) is 9.47 Å². The molecule has 1 saturated heterocycles. The molecule has 5 nitrogen and oxygen atoms in total. The molecule has 1 heterocycles. The second-order valence-corrected chi connectivity index (χ2v) is 7.14.